The zero-order chi connectivity index (χ0) is 18.1. The second kappa shape index (κ2) is 6.72. The van der Waals surface area contributed by atoms with Crippen molar-refractivity contribution in [2.75, 3.05) is 18.8 Å². The van der Waals surface area contributed by atoms with Crippen LogP contribution in [0.2, 0.25) is 0 Å². The van der Waals surface area contributed by atoms with E-state index < -0.39 is 0 Å². The number of nitrogens with zero attached hydrogens (tertiary/aromatic N) is 2. The Morgan fingerprint density at radius 3 is 2.58 bits per heavy atom. The SMILES string of the molecule is Nc1nc(C2(c3ccccc3)CCN(C(=O)C3CCC(=O)N3)CC2)cs1. The lowest BCUT2D eigenvalue weighted by atomic mass is 9.70. The summed E-state index contributed by atoms with van der Waals surface area (Å²) in [5.74, 6) is 0.00671. The number of nitrogen functional groups attached to an aromatic ring is 1. The molecule has 2 aromatic rings. The van der Waals surface area contributed by atoms with E-state index in [-0.39, 0.29) is 23.3 Å². The summed E-state index contributed by atoms with van der Waals surface area (Å²) in [5, 5.41) is 5.39. The molecule has 1 aromatic heterocycles. The lowest BCUT2D eigenvalue weighted by Gasteiger charge is -2.42. The molecule has 1 unspecified atom stereocenters. The summed E-state index contributed by atoms with van der Waals surface area (Å²) in [5.41, 5.74) is 7.89. The molecule has 1 atom stereocenters. The highest BCUT2D eigenvalue weighted by Crippen LogP contribution is 2.42. The summed E-state index contributed by atoms with van der Waals surface area (Å²) in [4.78, 5) is 30.6. The Kier molecular flexibility index (Phi) is 4.40. The van der Waals surface area contributed by atoms with Crippen molar-refractivity contribution in [3.63, 3.8) is 0 Å². The van der Waals surface area contributed by atoms with Crippen LogP contribution in [0.3, 0.4) is 0 Å². The molecule has 1 aromatic carbocycles. The number of aromatic nitrogens is 1. The van der Waals surface area contributed by atoms with E-state index in [1.165, 1.54) is 16.9 Å². The molecule has 26 heavy (non-hydrogen) atoms. The van der Waals surface area contributed by atoms with Crippen molar-refractivity contribution in [2.24, 2.45) is 0 Å². The lowest BCUT2D eigenvalue weighted by molar-refractivity contribution is -0.135. The van der Waals surface area contributed by atoms with Gasteiger partial charge in [-0.15, -0.1) is 11.3 Å². The van der Waals surface area contributed by atoms with E-state index in [1.807, 2.05) is 28.5 Å². The number of amides is 2. The number of thiazole rings is 1. The molecule has 2 fully saturated rings. The third-order valence-corrected chi connectivity index (χ3v) is 6.23. The van der Waals surface area contributed by atoms with Crippen LogP contribution in [-0.2, 0) is 15.0 Å². The minimum absolute atomic E-state index is 0.0306. The first kappa shape index (κ1) is 17.0. The number of nitrogens with one attached hydrogen (secondary N) is 1. The van der Waals surface area contributed by atoms with Gasteiger partial charge in [-0.2, -0.15) is 0 Å². The van der Waals surface area contributed by atoms with Gasteiger partial charge in [-0.25, -0.2) is 4.98 Å². The van der Waals surface area contributed by atoms with Crippen LogP contribution in [0.5, 0.6) is 0 Å². The van der Waals surface area contributed by atoms with Gasteiger partial charge in [-0.05, 0) is 24.8 Å². The van der Waals surface area contributed by atoms with E-state index in [2.05, 4.69) is 22.4 Å². The Balaban J connectivity index is 1.57. The number of hydrogen-bond donors (Lipinski definition) is 2. The molecule has 6 nitrogen and oxygen atoms in total. The molecule has 0 radical (unpaired) electrons. The van der Waals surface area contributed by atoms with Gasteiger partial charge in [0.05, 0.1) is 5.69 Å². The molecule has 0 saturated carbocycles. The Morgan fingerprint density at radius 1 is 1.27 bits per heavy atom. The summed E-state index contributed by atoms with van der Waals surface area (Å²) in [6.45, 7) is 1.30. The molecule has 4 rings (SSSR count). The Hall–Kier alpha value is -2.41. The van der Waals surface area contributed by atoms with Gasteiger partial charge in [0.2, 0.25) is 11.8 Å². The fourth-order valence-corrected chi connectivity index (χ4v) is 4.75. The van der Waals surface area contributed by atoms with Gasteiger partial charge in [-0.1, -0.05) is 30.3 Å². The molecule has 0 spiro atoms. The molecule has 3 N–H and O–H groups in total. The first-order valence-electron chi connectivity index (χ1n) is 8.94. The molecular weight excluding hydrogens is 348 g/mol. The van der Waals surface area contributed by atoms with Gasteiger partial charge in [0.15, 0.2) is 5.13 Å². The lowest BCUT2D eigenvalue weighted by Crippen LogP contribution is -2.51. The van der Waals surface area contributed by atoms with Crippen LogP contribution in [0.1, 0.15) is 36.9 Å². The van der Waals surface area contributed by atoms with Crippen molar-refractivity contribution in [3.8, 4) is 0 Å². The highest BCUT2D eigenvalue weighted by Gasteiger charge is 2.42. The molecule has 2 aliphatic rings. The van der Waals surface area contributed by atoms with Gasteiger partial charge >= 0.3 is 0 Å². The van der Waals surface area contributed by atoms with Gasteiger partial charge < -0.3 is 16.0 Å². The van der Waals surface area contributed by atoms with Crippen LogP contribution in [0.4, 0.5) is 5.13 Å². The van der Waals surface area contributed by atoms with Gasteiger partial charge in [0, 0.05) is 30.3 Å². The maximum absolute atomic E-state index is 12.7. The predicted octanol–water partition coefficient (Wildman–Crippen LogP) is 1.91. The van der Waals surface area contributed by atoms with Crippen LogP contribution in [-0.4, -0.2) is 40.8 Å². The van der Waals surface area contributed by atoms with E-state index in [9.17, 15) is 9.59 Å². The summed E-state index contributed by atoms with van der Waals surface area (Å²) in [7, 11) is 0. The number of anilines is 1. The van der Waals surface area contributed by atoms with Crippen molar-refractivity contribution in [1.82, 2.24) is 15.2 Å². The molecule has 7 heteroatoms. The van der Waals surface area contributed by atoms with Gasteiger partial charge in [0.1, 0.15) is 6.04 Å². The average molecular weight is 370 g/mol. The van der Waals surface area contributed by atoms with Crippen molar-refractivity contribution >= 4 is 28.3 Å². The number of carbonyl (C=O) groups is 2. The van der Waals surface area contributed by atoms with Crippen molar-refractivity contribution < 1.29 is 9.59 Å². The van der Waals surface area contributed by atoms with Gasteiger partial charge in [-0.3, -0.25) is 9.59 Å². The van der Waals surface area contributed by atoms with Crippen LogP contribution >= 0.6 is 11.3 Å². The number of hydrogen-bond acceptors (Lipinski definition) is 5. The van der Waals surface area contributed by atoms with Crippen molar-refractivity contribution in [1.29, 1.82) is 0 Å². The van der Waals surface area contributed by atoms with Gasteiger partial charge in [0.25, 0.3) is 0 Å². The third kappa shape index (κ3) is 2.96. The largest absolute Gasteiger partial charge is 0.375 e. The summed E-state index contributed by atoms with van der Waals surface area (Å²) < 4.78 is 0. The maximum Gasteiger partial charge on any atom is 0.245 e. The summed E-state index contributed by atoms with van der Waals surface area (Å²) in [6, 6.07) is 9.99. The number of nitrogens with two attached hydrogens (primary N) is 1. The number of rotatable bonds is 3. The van der Waals surface area contributed by atoms with E-state index in [0.717, 1.165) is 18.5 Å². The van der Waals surface area contributed by atoms with E-state index in [0.29, 0.717) is 31.1 Å². The Morgan fingerprint density at radius 2 is 2.00 bits per heavy atom. The second-order valence-electron chi connectivity index (χ2n) is 7.00. The summed E-state index contributed by atoms with van der Waals surface area (Å²) in [6.07, 6.45) is 2.64. The maximum atomic E-state index is 12.7. The zero-order valence-corrected chi connectivity index (χ0v) is 15.3. The van der Waals surface area contributed by atoms with E-state index in [1.54, 1.807) is 0 Å². The number of benzene rings is 1. The average Bonchev–Trinajstić information content (AvgIpc) is 3.31. The first-order valence-corrected chi connectivity index (χ1v) is 9.82. The monoisotopic (exact) mass is 370 g/mol. The quantitative estimate of drug-likeness (QED) is 0.864. The molecule has 0 bridgehead atoms. The normalized spacial score (nSPS) is 22.2. The molecule has 136 valence electrons. The molecule has 0 aliphatic carbocycles. The Labute approximate surface area is 156 Å². The fraction of sp³-hybridized carbons (Fsp3) is 0.421. The number of likely N-dealkylation sites (tertiary alicyclic amines) is 1. The molecule has 2 amide bonds. The standard InChI is InChI=1S/C19H22N4O2S/c20-18-22-15(12-26-18)19(13-4-2-1-3-5-13)8-10-23(11-9-19)17(25)14-6-7-16(24)21-14/h1-5,12,14H,6-11H2,(H2,20,22)(H,21,24). The van der Waals surface area contributed by atoms with Crippen LogP contribution in [0.25, 0.3) is 0 Å². The van der Waals surface area contributed by atoms with Crippen LogP contribution in [0, 0.1) is 0 Å². The fourth-order valence-electron chi connectivity index (χ4n) is 4.09. The third-order valence-electron chi connectivity index (χ3n) is 5.56. The topological polar surface area (TPSA) is 88.3 Å². The minimum Gasteiger partial charge on any atom is -0.375 e. The molecule has 3 heterocycles. The Bertz CT molecular complexity index is 812. The molecule has 2 aliphatic heterocycles. The highest BCUT2D eigenvalue weighted by atomic mass is 32.1. The second-order valence-corrected chi connectivity index (χ2v) is 7.89. The number of carbonyl (C=O) groups excluding carboxylic acids is 2. The minimum atomic E-state index is -0.360. The van der Waals surface area contributed by atoms with E-state index >= 15 is 0 Å². The highest BCUT2D eigenvalue weighted by molar-refractivity contribution is 7.13. The molecule has 2 saturated heterocycles. The van der Waals surface area contributed by atoms with Crippen molar-refractivity contribution in [3.05, 3.63) is 47.0 Å². The van der Waals surface area contributed by atoms with Crippen molar-refractivity contribution in [2.45, 2.75) is 37.1 Å². The zero-order valence-electron chi connectivity index (χ0n) is 14.5. The van der Waals surface area contributed by atoms with Crippen LogP contribution < -0.4 is 11.1 Å². The van der Waals surface area contributed by atoms with E-state index in [4.69, 9.17) is 5.73 Å². The number of piperidine rings is 1. The first-order chi connectivity index (χ1) is 12.6. The predicted molar refractivity (Wildman–Crippen MR) is 101 cm³/mol. The summed E-state index contributed by atoms with van der Waals surface area (Å²) >= 11 is 1.46. The smallest absolute Gasteiger partial charge is 0.245 e. The van der Waals surface area contributed by atoms with Crippen LogP contribution in [0.15, 0.2) is 35.7 Å². The molecular formula is C19H22N4O2S.